The van der Waals surface area contributed by atoms with E-state index in [1.165, 1.54) is 10.5 Å². The van der Waals surface area contributed by atoms with Crippen LogP contribution in [0.3, 0.4) is 0 Å². The van der Waals surface area contributed by atoms with Gasteiger partial charge in [-0.05, 0) is 31.4 Å². The summed E-state index contributed by atoms with van der Waals surface area (Å²) in [4.78, 5) is 16.2. The summed E-state index contributed by atoms with van der Waals surface area (Å²) in [5.41, 5.74) is 6.10. The first-order chi connectivity index (χ1) is 10.9. The first-order valence-electron chi connectivity index (χ1n) is 7.92. The standard InChI is InChI=1S/C15H24N4O3S.ClH/c1-2-3-10-23(21,22)19-8-6-12(7-9-19)15(20)18-13-4-5-14(16)17-11-13;/h4-5,11-12H,2-3,6-10H2,1H3,(H2,16,17)(H,18,20);1H. The molecule has 1 aliphatic heterocycles. The number of nitrogens with one attached hydrogen (secondary N) is 1. The Hall–Kier alpha value is -1.38. The van der Waals surface area contributed by atoms with Crippen LogP contribution in [0.15, 0.2) is 18.3 Å². The third-order valence-corrected chi connectivity index (χ3v) is 5.98. The second-order valence-corrected chi connectivity index (χ2v) is 7.89. The molecule has 0 aliphatic carbocycles. The van der Waals surface area contributed by atoms with Crippen molar-refractivity contribution in [3.05, 3.63) is 18.3 Å². The molecule has 1 fully saturated rings. The number of aromatic nitrogens is 1. The summed E-state index contributed by atoms with van der Waals surface area (Å²) in [6.07, 6.45) is 4.12. The fourth-order valence-corrected chi connectivity index (χ4v) is 4.25. The van der Waals surface area contributed by atoms with Crippen LogP contribution in [0.1, 0.15) is 32.6 Å². The average molecular weight is 377 g/mol. The van der Waals surface area contributed by atoms with Gasteiger partial charge < -0.3 is 11.1 Å². The lowest BCUT2D eigenvalue weighted by atomic mass is 9.97. The van der Waals surface area contributed by atoms with Gasteiger partial charge in [0, 0.05) is 19.0 Å². The summed E-state index contributed by atoms with van der Waals surface area (Å²) >= 11 is 0. The summed E-state index contributed by atoms with van der Waals surface area (Å²) in [5, 5.41) is 2.80. The molecule has 1 aromatic heterocycles. The Morgan fingerprint density at radius 1 is 1.38 bits per heavy atom. The van der Waals surface area contributed by atoms with Gasteiger partial charge in [0.2, 0.25) is 15.9 Å². The topological polar surface area (TPSA) is 105 Å². The van der Waals surface area contributed by atoms with Gasteiger partial charge >= 0.3 is 0 Å². The van der Waals surface area contributed by atoms with Gasteiger partial charge in [0.15, 0.2) is 0 Å². The zero-order chi connectivity index (χ0) is 16.9. The van der Waals surface area contributed by atoms with E-state index in [4.69, 9.17) is 5.73 Å². The van der Waals surface area contributed by atoms with Crippen LogP contribution in [0.5, 0.6) is 0 Å². The molecule has 0 saturated carbocycles. The number of carbonyl (C=O) groups is 1. The molecule has 136 valence electrons. The van der Waals surface area contributed by atoms with Crippen LogP contribution in [0.4, 0.5) is 11.5 Å². The molecular formula is C15H25ClN4O3S. The molecule has 0 atom stereocenters. The number of carbonyl (C=O) groups excluding carboxylic acids is 1. The normalized spacial score (nSPS) is 16.4. The predicted molar refractivity (Wildman–Crippen MR) is 97.5 cm³/mol. The number of rotatable bonds is 6. The van der Waals surface area contributed by atoms with Crippen molar-refractivity contribution in [3.8, 4) is 0 Å². The van der Waals surface area contributed by atoms with E-state index in [0.717, 1.165) is 6.42 Å². The zero-order valence-corrected chi connectivity index (χ0v) is 15.4. The smallest absolute Gasteiger partial charge is 0.227 e. The predicted octanol–water partition coefficient (Wildman–Crippen LogP) is 1.87. The molecule has 1 saturated heterocycles. The molecular weight excluding hydrogens is 352 g/mol. The van der Waals surface area contributed by atoms with Crippen LogP contribution in [-0.2, 0) is 14.8 Å². The molecule has 1 amide bonds. The zero-order valence-electron chi connectivity index (χ0n) is 13.8. The van der Waals surface area contributed by atoms with E-state index in [0.29, 0.717) is 43.9 Å². The number of piperidine rings is 1. The summed E-state index contributed by atoms with van der Waals surface area (Å²) in [6, 6.07) is 3.32. The fourth-order valence-electron chi connectivity index (χ4n) is 2.58. The number of amides is 1. The lowest BCUT2D eigenvalue weighted by Crippen LogP contribution is -2.42. The number of nitrogen functional groups attached to an aromatic ring is 1. The van der Waals surface area contributed by atoms with E-state index >= 15 is 0 Å². The number of halogens is 1. The maximum atomic E-state index is 12.2. The fraction of sp³-hybridized carbons (Fsp3) is 0.600. The van der Waals surface area contributed by atoms with E-state index in [-0.39, 0.29) is 30.0 Å². The molecule has 1 aliphatic rings. The van der Waals surface area contributed by atoms with Crippen molar-refractivity contribution in [2.75, 3.05) is 29.9 Å². The van der Waals surface area contributed by atoms with Crippen LogP contribution in [0.25, 0.3) is 0 Å². The Labute approximate surface area is 149 Å². The van der Waals surface area contributed by atoms with Gasteiger partial charge in [-0.2, -0.15) is 0 Å². The minimum atomic E-state index is -3.18. The largest absolute Gasteiger partial charge is 0.384 e. The lowest BCUT2D eigenvalue weighted by Gasteiger charge is -2.30. The minimum Gasteiger partial charge on any atom is -0.384 e. The van der Waals surface area contributed by atoms with Gasteiger partial charge in [0.25, 0.3) is 0 Å². The van der Waals surface area contributed by atoms with Gasteiger partial charge in [-0.1, -0.05) is 13.3 Å². The molecule has 7 nitrogen and oxygen atoms in total. The van der Waals surface area contributed by atoms with Crippen LogP contribution < -0.4 is 11.1 Å². The third kappa shape index (κ3) is 5.61. The van der Waals surface area contributed by atoms with E-state index < -0.39 is 10.0 Å². The highest BCUT2D eigenvalue weighted by Crippen LogP contribution is 2.22. The van der Waals surface area contributed by atoms with Crippen LogP contribution in [-0.4, -0.2) is 42.5 Å². The molecule has 2 rings (SSSR count). The molecule has 0 spiro atoms. The van der Waals surface area contributed by atoms with Crippen LogP contribution >= 0.6 is 12.4 Å². The Balaban J connectivity index is 0.00000288. The highest BCUT2D eigenvalue weighted by molar-refractivity contribution is 7.89. The highest BCUT2D eigenvalue weighted by atomic mass is 35.5. The van der Waals surface area contributed by atoms with E-state index in [1.54, 1.807) is 12.1 Å². The number of sulfonamides is 1. The second-order valence-electron chi connectivity index (χ2n) is 5.80. The molecule has 3 N–H and O–H groups in total. The minimum absolute atomic E-state index is 0. The number of hydrogen-bond donors (Lipinski definition) is 2. The van der Waals surface area contributed by atoms with Gasteiger partial charge in [0.05, 0.1) is 17.6 Å². The van der Waals surface area contributed by atoms with E-state index in [1.807, 2.05) is 6.92 Å². The molecule has 0 bridgehead atoms. The maximum absolute atomic E-state index is 12.2. The summed E-state index contributed by atoms with van der Waals surface area (Å²) < 4.78 is 25.8. The van der Waals surface area contributed by atoms with Gasteiger partial charge in [-0.3, -0.25) is 4.79 Å². The summed E-state index contributed by atoms with van der Waals surface area (Å²) in [6.45, 7) is 2.78. The first-order valence-corrected chi connectivity index (χ1v) is 9.53. The van der Waals surface area contributed by atoms with Crippen LogP contribution in [0, 0.1) is 5.92 Å². The lowest BCUT2D eigenvalue weighted by molar-refractivity contribution is -0.120. The summed E-state index contributed by atoms with van der Waals surface area (Å²) in [7, 11) is -3.18. The van der Waals surface area contributed by atoms with Crippen molar-refractivity contribution in [2.24, 2.45) is 5.92 Å². The molecule has 1 aromatic rings. The van der Waals surface area contributed by atoms with Crippen molar-refractivity contribution >= 4 is 39.8 Å². The quantitative estimate of drug-likeness (QED) is 0.788. The van der Waals surface area contributed by atoms with Crippen LogP contribution in [0.2, 0.25) is 0 Å². The number of hydrogen-bond acceptors (Lipinski definition) is 5. The summed E-state index contributed by atoms with van der Waals surface area (Å²) in [5.74, 6) is 0.318. The Kier molecular flexibility index (Phi) is 7.92. The number of anilines is 2. The van der Waals surface area contributed by atoms with Crippen molar-refractivity contribution < 1.29 is 13.2 Å². The molecule has 9 heteroatoms. The second kappa shape index (κ2) is 9.19. The van der Waals surface area contributed by atoms with Gasteiger partial charge in [-0.25, -0.2) is 17.7 Å². The van der Waals surface area contributed by atoms with Gasteiger partial charge in [-0.15, -0.1) is 12.4 Å². The number of nitrogens with zero attached hydrogens (tertiary/aromatic N) is 2. The highest BCUT2D eigenvalue weighted by Gasteiger charge is 2.30. The number of pyridine rings is 1. The monoisotopic (exact) mass is 376 g/mol. The van der Waals surface area contributed by atoms with Crippen molar-refractivity contribution in [2.45, 2.75) is 32.6 Å². The average Bonchev–Trinajstić information content (AvgIpc) is 2.55. The Bertz CT molecular complexity index is 629. The third-order valence-electron chi connectivity index (χ3n) is 4.03. The molecule has 24 heavy (non-hydrogen) atoms. The van der Waals surface area contributed by atoms with Crippen molar-refractivity contribution in [3.63, 3.8) is 0 Å². The maximum Gasteiger partial charge on any atom is 0.227 e. The van der Waals surface area contributed by atoms with Gasteiger partial charge in [0.1, 0.15) is 5.82 Å². The van der Waals surface area contributed by atoms with E-state index in [9.17, 15) is 13.2 Å². The molecule has 0 unspecified atom stereocenters. The van der Waals surface area contributed by atoms with Crippen molar-refractivity contribution in [1.82, 2.24) is 9.29 Å². The first kappa shape index (κ1) is 20.7. The van der Waals surface area contributed by atoms with E-state index in [2.05, 4.69) is 10.3 Å². The molecule has 0 aromatic carbocycles. The van der Waals surface area contributed by atoms with Crippen molar-refractivity contribution in [1.29, 1.82) is 0 Å². The Morgan fingerprint density at radius 2 is 2.04 bits per heavy atom. The number of nitrogens with two attached hydrogens (primary N) is 1. The molecule has 2 heterocycles. The molecule has 0 radical (unpaired) electrons. The number of unbranched alkanes of at least 4 members (excludes halogenated alkanes) is 1. The SMILES string of the molecule is CCCCS(=O)(=O)N1CCC(C(=O)Nc2ccc(N)nc2)CC1.Cl. The Morgan fingerprint density at radius 3 is 2.58 bits per heavy atom.